The first-order chi connectivity index (χ1) is 11.1. The second kappa shape index (κ2) is 15.5. The van der Waals surface area contributed by atoms with Gasteiger partial charge in [-0.05, 0) is 43.6 Å². The van der Waals surface area contributed by atoms with E-state index in [1.54, 1.807) is 0 Å². The monoisotopic (exact) mass is 325 g/mol. The Bertz CT molecular complexity index is 238. The molecule has 0 saturated heterocycles. The Morgan fingerprint density at radius 3 is 1.91 bits per heavy atom. The van der Waals surface area contributed by atoms with Gasteiger partial charge in [0.25, 0.3) is 0 Å². The molecule has 0 rings (SSSR count). The van der Waals surface area contributed by atoms with Crippen LogP contribution in [0.1, 0.15) is 112 Å². The molecule has 1 nitrogen and oxygen atoms in total. The summed E-state index contributed by atoms with van der Waals surface area (Å²) >= 11 is 0. The van der Waals surface area contributed by atoms with E-state index in [1.165, 1.54) is 77.2 Å². The second-order valence-corrected chi connectivity index (χ2v) is 8.02. The fourth-order valence-corrected chi connectivity index (χ4v) is 3.61. The van der Waals surface area contributed by atoms with Gasteiger partial charge in [-0.25, -0.2) is 0 Å². The van der Waals surface area contributed by atoms with E-state index in [1.807, 2.05) is 0 Å². The predicted molar refractivity (Wildman–Crippen MR) is 107 cm³/mol. The fraction of sp³-hybridized carbons (Fsp3) is 1.00. The molecular weight excluding hydrogens is 278 g/mol. The van der Waals surface area contributed by atoms with Crippen LogP contribution in [-0.2, 0) is 0 Å². The third-order valence-electron chi connectivity index (χ3n) is 5.66. The van der Waals surface area contributed by atoms with Crippen LogP contribution in [0.3, 0.4) is 0 Å². The van der Waals surface area contributed by atoms with Gasteiger partial charge < -0.3 is 5.32 Å². The van der Waals surface area contributed by atoms with Gasteiger partial charge in [0, 0.05) is 6.04 Å². The molecular formula is C22H47N. The SMILES string of the molecule is CCCCC(C)CCC(CC)CNC(CCC)C(C)CCCC. The van der Waals surface area contributed by atoms with Crippen molar-refractivity contribution < 1.29 is 0 Å². The first-order valence-electron chi connectivity index (χ1n) is 10.8. The number of nitrogens with one attached hydrogen (secondary N) is 1. The number of hydrogen-bond acceptors (Lipinski definition) is 1. The van der Waals surface area contributed by atoms with Crippen LogP contribution in [0.15, 0.2) is 0 Å². The number of rotatable bonds is 16. The Hall–Kier alpha value is -0.0400. The van der Waals surface area contributed by atoms with Crippen LogP contribution in [0, 0.1) is 17.8 Å². The minimum absolute atomic E-state index is 0.734. The van der Waals surface area contributed by atoms with Gasteiger partial charge in [0.15, 0.2) is 0 Å². The molecule has 0 radical (unpaired) electrons. The third-order valence-corrected chi connectivity index (χ3v) is 5.66. The van der Waals surface area contributed by atoms with Crippen molar-refractivity contribution in [3.63, 3.8) is 0 Å². The van der Waals surface area contributed by atoms with Gasteiger partial charge in [-0.15, -0.1) is 0 Å². The van der Waals surface area contributed by atoms with E-state index in [9.17, 15) is 0 Å². The molecule has 0 spiro atoms. The van der Waals surface area contributed by atoms with Crippen LogP contribution in [-0.4, -0.2) is 12.6 Å². The molecule has 0 aromatic carbocycles. The summed E-state index contributed by atoms with van der Waals surface area (Å²) in [6.07, 6.45) is 15.1. The highest BCUT2D eigenvalue weighted by molar-refractivity contribution is 4.75. The van der Waals surface area contributed by atoms with E-state index >= 15 is 0 Å². The largest absolute Gasteiger partial charge is 0.313 e. The first kappa shape index (κ1) is 23.0. The minimum Gasteiger partial charge on any atom is -0.313 e. The van der Waals surface area contributed by atoms with Gasteiger partial charge in [0.05, 0.1) is 0 Å². The smallest absolute Gasteiger partial charge is 0.00927 e. The minimum atomic E-state index is 0.734. The molecule has 4 atom stereocenters. The van der Waals surface area contributed by atoms with E-state index in [2.05, 4.69) is 46.9 Å². The molecule has 0 bridgehead atoms. The molecule has 0 fully saturated rings. The van der Waals surface area contributed by atoms with E-state index < -0.39 is 0 Å². The summed E-state index contributed by atoms with van der Waals surface area (Å²) in [5.74, 6) is 2.62. The Morgan fingerprint density at radius 1 is 0.696 bits per heavy atom. The lowest BCUT2D eigenvalue weighted by Crippen LogP contribution is -2.38. The van der Waals surface area contributed by atoms with E-state index in [-0.39, 0.29) is 0 Å². The highest BCUT2D eigenvalue weighted by Crippen LogP contribution is 2.21. The van der Waals surface area contributed by atoms with Crippen molar-refractivity contribution in [3.8, 4) is 0 Å². The van der Waals surface area contributed by atoms with Gasteiger partial charge in [-0.3, -0.25) is 0 Å². The Labute approximate surface area is 148 Å². The summed E-state index contributed by atoms with van der Waals surface area (Å²) in [6, 6.07) is 0.734. The maximum Gasteiger partial charge on any atom is 0.00927 e. The van der Waals surface area contributed by atoms with Crippen molar-refractivity contribution in [3.05, 3.63) is 0 Å². The molecule has 0 aliphatic heterocycles. The molecule has 1 heteroatoms. The van der Waals surface area contributed by atoms with Gasteiger partial charge >= 0.3 is 0 Å². The zero-order valence-electron chi connectivity index (χ0n) is 17.3. The lowest BCUT2D eigenvalue weighted by molar-refractivity contribution is 0.293. The Morgan fingerprint density at radius 2 is 1.35 bits per heavy atom. The average molecular weight is 326 g/mol. The average Bonchev–Trinajstić information content (AvgIpc) is 2.56. The molecule has 0 heterocycles. The lowest BCUT2D eigenvalue weighted by atomic mass is 9.90. The Balaban J connectivity index is 4.15. The van der Waals surface area contributed by atoms with Crippen molar-refractivity contribution in [1.82, 2.24) is 5.32 Å². The van der Waals surface area contributed by atoms with E-state index in [4.69, 9.17) is 0 Å². The van der Waals surface area contributed by atoms with Crippen molar-refractivity contribution in [2.75, 3.05) is 6.54 Å². The predicted octanol–water partition coefficient (Wildman–Crippen LogP) is 7.20. The molecule has 140 valence electrons. The van der Waals surface area contributed by atoms with E-state index in [0.29, 0.717) is 0 Å². The summed E-state index contributed by atoms with van der Waals surface area (Å²) in [7, 11) is 0. The lowest BCUT2D eigenvalue weighted by Gasteiger charge is -2.28. The molecule has 23 heavy (non-hydrogen) atoms. The van der Waals surface area contributed by atoms with Crippen molar-refractivity contribution in [2.24, 2.45) is 17.8 Å². The van der Waals surface area contributed by atoms with E-state index in [0.717, 1.165) is 23.8 Å². The Kier molecular flexibility index (Phi) is 15.5. The molecule has 0 saturated carbocycles. The van der Waals surface area contributed by atoms with Crippen LogP contribution in [0.4, 0.5) is 0 Å². The zero-order valence-corrected chi connectivity index (χ0v) is 17.3. The summed E-state index contributed by atoms with van der Waals surface area (Å²) < 4.78 is 0. The summed E-state index contributed by atoms with van der Waals surface area (Å²) in [5, 5.41) is 3.95. The first-order valence-corrected chi connectivity index (χ1v) is 10.8. The van der Waals surface area contributed by atoms with Crippen LogP contribution in [0.2, 0.25) is 0 Å². The van der Waals surface area contributed by atoms with Gasteiger partial charge in [-0.1, -0.05) is 92.9 Å². The van der Waals surface area contributed by atoms with Gasteiger partial charge in [0.2, 0.25) is 0 Å². The summed E-state index contributed by atoms with van der Waals surface area (Å²) in [4.78, 5) is 0. The zero-order chi connectivity index (χ0) is 17.5. The molecule has 0 aliphatic carbocycles. The van der Waals surface area contributed by atoms with Crippen molar-refractivity contribution in [1.29, 1.82) is 0 Å². The van der Waals surface area contributed by atoms with Crippen LogP contribution < -0.4 is 5.32 Å². The molecule has 0 aromatic heterocycles. The van der Waals surface area contributed by atoms with Gasteiger partial charge in [-0.2, -0.15) is 0 Å². The molecule has 0 aromatic rings. The summed E-state index contributed by atoms with van der Waals surface area (Å²) in [5.41, 5.74) is 0. The normalized spacial score (nSPS) is 17.0. The van der Waals surface area contributed by atoms with Gasteiger partial charge in [0.1, 0.15) is 0 Å². The standard InChI is InChI=1S/C22H47N/c1-7-11-14-19(5)16-17-21(10-4)18-23-22(13-9-3)20(6)15-12-8-2/h19-23H,7-18H2,1-6H3. The number of unbranched alkanes of at least 4 members (excludes halogenated alkanes) is 2. The molecule has 1 N–H and O–H groups in total. The maximum absolute atomic E-state index is 3.95. The van der Waals surface area contributed by atoms with Crippen LogP contribution in [0.5, 0.6) is 0 Å². The highest BCUT2D eigenvalue weighted by Gasteiger charge is 2.17. The summed E-state index contributed by atoms with van der Waals surface area (Å²) in [6.45, 7) is 15.4. The highest BCUT2D eigenvalue weighted by atomic mass is 14.9. The van der Waals surface area contributed by atoms with Crippen molar-refractivity contribution in [2.45, 2.75) is 118 Å². The van der Waals surface area contributed by atoms with Crippen LogP contribution >= 0.6 is 0 Å². The quantitative estimate of drug-likeness (QED) is 0.316. The number of hydrogen-bond donors (Lipinski definition) is 1. The molecule has 4 unspecified atom stereocenters. The molecule has 0 aliphatic rings. The second-order valence-electron chi connectivity index (χ2n) is 8.02. The maximum atomic E-state index is 3.95. The fourth-order valence-electron chi connectivity index (χ4n) is 3.61. The van der Waals surface area contributed by atoms with Crippen LogP contribution in [0.25, 0.3) is 0 Å². The molecule has 0 amide bonds. The van der Waals surface area contributed by atoms with Crippen molar-refractivity contribution >= 4 is 0 Å². The third kappa shape index (κ3) is 12.0. The topological polar surface area (TPSA) is 12.0 Å².